The van der Waals surface area contributed by atoms with Crippen LogP contribution >= 0.6 is 0 Å². The molecular formula is C20H20FN3O2. The molecule has 0 unspecified atom stereocenters. The van der Waals surface area contributed by atoms with E-state index in [1.54, 1.807) is 16.9 Å². The van der Waals surface area contributed by atoms with Crippen molar-refractivity contribution in [2.24, 2.45) is 0 Å². The first-order valence-corrected chi connectivity index (χ1v) is 8.36. The second-order valence-corrected chi connectivity index (χ2v) is 5.96. The molecular weight excluding hydrogens is 333 g/mol. The van der Waals surface area contributed by atoms with E-state index in [0.717, 1.165) is 5.56 Å². The standard InChI is InChI=1S/C20H20FN3O2/c1-15-2-4-16(5-3-15)14-24-19(10-12-22-24)23-20(25)11-13-26-18-8-6-17(21)7-9-18/h2-10,12H,11,13-14H2,1H3,(H,23,25). The first-order chi connectivity index (χ1) is 12.6. The van der Waals surface area contributed by atoms with Crippen LogP contribution in [0.5, 0.6) is 5.75 Å². The van der Waals surface area contributed by atoms with E-state index in [2.05, 4.69) is 10.4 Å². The molecule has 0 atom stereocenters. The summed E-state index contributed by atoms with van der Waals surface area (Å²) in [7, 11) is 0. The fourth-order valence-electron chi connectivity index (χ4n) is 2.43. The molecule has 0 fully saturated rings. The quantitative estimate of drug-likeness (QED) is 0.703. The molecule has 1 heterocycles. The van der Waals surface area contributed by atoms with Crippen LogP contribution in [0.3, 0.4) is 0 Å². The van der Waals surface area contributed by atoms with Gasteiger partial charge in [-0.15, -0.1) is 0 Å². The first-order valence-electron chi connectivity index (χ1n) is 8.36. The van der Waals surface area contributed by atoms with Crippen molar-refractivity contribution in [1.29, 1.82) is 0 Å². The molecule has 0 bridgehead atoms. The van der Waals surface area contributed by atoms with Crippen molar-refractivity contribution in [3.8, 4) is 5.75 Å². The van der Waals surface area contributed by atoms with Crippen LogP contribution < -0.4 is 10.1 Å². The number of benzene rings is 2. The Balaban J connectivity index is 1.50. The Morgan fingerprint density at radius 3 is 2.58 bits per heavy atom. The molecule has 0 aliphatic heterocycles. The molecule has 3 rings (SSSR count). The van der Waals surface area contributed by atoms with Crippen LogP contribution in [-0.2, 0) is 11.3 Å². The fraction of sp³-hybridized carbons (Fsp3) is 0.200. The largest absolute Gasteiger partial charge is 0.493 e. The molecule has 26 heavy (non-hydrogen) atoms. The van der Waals surface area contributed by atoms with Gasteiger partial charge in [0, 0.05) is 6.07 Å². The summed E-state index contributed by atoms with van der Waals surface area (Å²) in [4.78, 5) is 12.1. The van der Waals surface area contributed by atoms with E-state index in [0.29, 0.717) is 18.1 Å². The first kappa shape index (κ1) is 17.7. The van der Waals surface area contributed by atoms with E-state index in [4.69, 9.17) is 4.74 Å². The van der Waals surface area contributed by atoms with Crippen molar-refractivity contribution < 1.29 is 13.9 Å². The minimum Gasteiger partial charge on any atom is -0.493 e. The number of aromatic nitrogens is 2. The van der Waals surface area contributed by atoms with Gasteiger partial charge >= 0.3 is 0 Å². The Bertz CT molecular complexity index is 858. The lowest BCUT2D eigenvalue weighted by molar-refractivity contribution is -0.116. The van der Waals surface area contributed by atoms with Crippen LogP contribution in [-0.4, -0.2) is 22.3 Å². The molecule has 0 spiro atoms. The molecule has 1 N–H and O–H groups in total. The molecule has 5 nitrogen and oxygen atoms in total. The highest BCUT2D eigenvalue weighted by Crippen LogP contribution is 2.13. The topological polar surface area (TPSA) is 56.2 Å². The van der Waals surface area contributed by atoms with E-state index in [1.807, 2.05) is 31.2 Å². The molecule has 0 aliphatic rings. The Labute approximate surface area is 151 Å². The van der Waals surface area contributed by atoms with E-state index in [9.17, 15) is 9.18 Å². The SMILES string of the molecule is Cc1ccc(Cn2nccc2NC(=O)CCOc2ccc(F)cc2)cc1. The van der Waals surface area contributed by atoms with Gasteiger partial charge in [-0.1, -0.05) is 29.8 Å². The number of carbonyl (C=O) groups excluding carboxylic acids is 1. The van der Waals surface area contributed by atoms with Gasteiger partial charge in [-0.2, -0.15) is 5.10 Å². The van der Waals surface area contributed by atoms with Crippen molar-refractivity contribution in [1.82, 2.24) is 9.78 Å². The van der Waals surface area contributed by atoms with Crippen molar-refractivity contribution in [3.63, 3.8) is 0 Å². The molecule has 134 valence electrons. The summed E-state index contributed by atoms with van der Waals surface area (Å²) < 4.78 is 20.0. The highest BCUT2D eigenvalue weighted by Gasteiger charge is 2.08. The highest BCUT2D eigenvalue weighted by molar-refractivity contribution is 5.89. The van der Waals surface area contributed by atoms with Gasteiger partial charge in [0.2, 0.25) is 5.91 Å². The lowest BCUT2D eigenvalue weighted by Crippen LogP contribution is -2.18. The number of nitrogens with zero attached hydrogens (tertiary/aromatic N) is 2. The summed E-state index contributed by atoms with van der Waals surface area (Å²) in [5.41, 5.74) is 2.30. The molecule has 6 heteroatoms. The van der Waals surface area contributed by atoms with Crippen LogP contribution in [0.25, 0.3) is 0 Å². The number of rotatable bonds is 7. The Morgan fingerprint density at radius 1 is 1.12 bits per heavy atom. The number of carbonyl (C=O) groups is 1. The van der Waals surface area contributed by atoms with Crippen molar-refractivity contribution in [3.05, 3.63) is 77.7 Å². The van der Waals surface area contributed by atoms with Gasteiger partial charge in [-0.05, 0) is 36.8 Å². The maximum atomic E-state index is 12.8. The molecule has 1 aromatic heterocycles. The number of anilines is 1. The van der Waals surface area contributed by atoms with Gasteiger partial charge in [0.25, 0.3) is 0 Å². The maximum Gasteiger partial charge on any atom is 0.228 e. The molecule has 1 amide bonds. The monoisotopic (exact) mass is 353 g/mol. The van der Waals surface area contributed by atoms with E-state index < -0.39 is 0 Å². The maximum absolute atomic E-state index is 12.8. The van der Waals surface area contributed by atoms with Crippen LogP contribution in [0.15, 0.2) is 60.8 Å². The van der Waals surface area contributed by atoms with Gasteiger partial charge in [0.05, 0.1) is 25.8 Å². The zero-order valence-corrected chi connectivity index (χ0v) is 14.5. The van der Waals surface area contributed by atoms with Gasteiger partial charge in [0.15, 0.2) is 0 Å². The fourth-order valence-corrected chi connectivity index (χ4v) is 2.43. The van der Waals surface area contributed by atoms with E-state index >= 15 is 0 Å². The van der Waals surface area contributed by atoms with Crippen LogP contribution in [0.2, 0.25) is 0 Å². The number of ether oxygens (including phenoxy) is 1. The Kier molecular flexibility index (Phi) is 5.63. The third kappa shape index (κ3) is 4.92. The normalized spacial score (nSPS) is 10.5. The molecule has 0 radical (unpaired) electrons. The van der Waals surface area contributed by atoms with Gasteiger partial charge in [0.1, 0.15) is 17.4 Å². The van der Waals surface area contributed by atoms with Crippen molar-refractivity contribution in [2.75, 3.05) is 11.9 Å². The predicted octanol–water partition coefficient (Wildman–Crippen LogP) is 3.79. The minimum atomic E-state index is -0.322. The van der Waals surface area contributed by atoms with Crippen LogP contribution in [0.4, 0.5) is 10.2 Å². The molecule has 0 saturated heterocycles. The second-order valence-electron chi connectivity index (χ2n) is 5.96. The number of hydrogen-bond acceptors (Lipinski definition) is 3. The molecule has 0 aliphatic carbocycles. The van der Waals surface area contributed by atoms with E-state index in [1.165, 1.54) is 29.8 Å². The van der Waals surface area contributed by atoms with Crippen LogP contribution in [0.1, 0.15) is 17.5 Å². The van der Waals surface area contributed by atoms with Gasteiger partial charge in [-0.25, -0.2) is 9.07 Å². The highest BCUT2D eigenvalue weighted by atomic mass is 19.1. The van der Waals surface area contributed by atoms with E-state index in [-0.39, 0.29) is 24.8 Å². The summed E-state index contributed by atoms with van der Waals surface area (Å²) in [6.07, 6.45) is 1.84. The second kappa shape index (κ2) is 8.29. The Morgan fingerprint density at radius 2 is 1.85 bits per heavy atom. The Hall–Kier alpha value is -3.15. The summed E-state index contributed by atoms with van der Waals surface area (Å²) in [6.45, 7) is 2.83. The van der Waals surface area contributed by atoms with Gasteiger partial charge in [-0.3, -0.25) is 4.79 Å². The summed E-state index contributed by atoms with van der Waals surface area (Å²) in [6, 6.07) is 15.6. The van der Waals surface area contributed by atoms with Gasteiger partial charge < -0.3 is 10.1 Å². The van der Waals surface area contributed by atoms with Crippen LogP contribution in [0, 0.1) is 12.7 Å². The summed E-state index contributed by atoms with van der Waals surface area (Å²) in [5, 5.41) is 7.10. The number of hydrogen-bond donors (Lipinski definition) is 1. The number of amides is 1. The molecule has 0 saturated carbocycles. The van der Waals surface area contributed by atoms with Crippen molar-refractivity contribution in [2.45, 2.75) is 19.9 Å². The third-order valence-corrected chi connectivity index (χ3v) is 3.85. The number of halogens is 1. The number of aryl methyl sites for hydroxylation is 1. The molecule has 2 aromatic carbocycles. The zero-order valence-electron chi connectivity index (χ0n) is 14.5. The summed E-state index contributed by atoms with van der Waals surface area (Å²) in [5.74, 6) is 0.677. The average molecular weight is 353 g/mol. The van der Waals surface area contributed by atoms with Crippen molar-refractivity contribution >= 4 is 11.7 Å². The smallest absolute Gasteiger partial charge is 0.228 e. The molecule has 3 aromatic rings. The number of nitrogens with one attached hydrogen (secondary N) is 1. The minimum absolute atomic E-state index is 0.169. The third-order valence-electron chi connectivity index (χ3n) is 3.85. The lowest BCUT2D eigenvalue weighted by atomic mass is 10.1. The summed E-state index contributed by atoms with van der Waals surface area (Å²) >= 11 is 0. The zero-order chi connectivity index (χ0) is 18.4. The predicted molar refractivity (Wildman–Crippen MR) is 97.6 cm³/mol. The lowest BCUT2D eigenvalue weighted by Gasteiger charge is -2.10. The average Bonchev–Trinajstić information content (AvgIpc) is 3.05.